The smallest absolute Gasteiger partial charge is 0.340 e. The first-order valence-corrected chi connectivity index (χ1v) is 8.24. The standard InChI is InChI=1S/C18H17ClN2O5/c1-3-12-4-6-13(7-5-12)20-17(22)11(2)26-18(23)15-9-8-14(21(24)25)10-16(15)19/h4-11H,3H2,1-2H3,(H,20,22)/t11-/m0/s1. The molecule has 0 aliphatic rings. The molecule has 7 nitrogen and oxygen atoms in total. The second kappa shape index (κ2) is 8.44. The van der Waals surface area contributed by atoms with Crippen molar-refractivity contribution in [3.05, 3.63) is 68.7 Å². The van der Waals surface area contributed by atoms with Gasteiger partial charge in [-0.25, -0.2) is 4.79 Å². The van der Waals surface area contributed by atoms with Crippen LogP contribution in [0.3, 0.4) is 0 Å². The summed E-state index contributed by atoms with van der Waals surface area (Å²) in [6, 6.07) is 10.7. The minimum absolute atomic E-state index is 0.0517. The molecule has 8 heteroatoms. The van der Waals surface area contributed by atoms with E-state index in [1.54, 1.807) is 12.1 Å². The molecule has 2 aromatic rings. The number of hydrogen-bond donors (Lipinski definition) is 1. The van der Waals surface area contributed by atoms with E-state index >= 15 is 0 Å². The molecule has 0 spiro atoms. The lowest BCUT2D eigenvalue weighted by molar-refractivity contribution is -0.384. The highest BCUT2D eigenvalue weighted by Crippen LogP contribution is 2.23. The lowest BCUT2D eigenvalue weighted by Crippen LogP contribution is -2.30. The van der Waals surface area contributed by atoms with Crippen LogP contribution in [-0.4, -0.2) is 22.9 Å². The first kappa shape index (κ1) is 19.4. The molecular weight excluding hydrogens is 360 g/mol. The average Bonchev–Trinajstić information content (AvgIpc) is 2.61. The summed E-state index contributed by atoms with van der Waals surface area (Å²) in [7, 11) is 0. The Morgan fingerprint density at radius 1 is 1.23 bits per heavy atom. The Morgan fingerprint density at radius 3 is 2.42 bits per heavy atom. The zero-order valence-corrected chi connectivity index (χ0v) is 14.9. The van der Waals surface area contributed by atoms with Crippen LogP contribution in [0.4, 0.5) is 11.4 Å². The van der Waals surface area contributed by atoms with Crippen molar-refractivity contribution < 1.29 is 19.2 Å². The van der Waals surface area contributed by atoms with Crippen LogP contribution in [0.2, 0.25) is 5.02 Å². The number of nitro groups is 1. The normalized spacial score (nSPS) is 11.5. The van der Waals surface area contributed by atoms with Gasteiger partial charge in [0.2, 0.25) is 0 Å². The van der Waals surface area contributed by atoms with Crippen molar-refractivity contribution in [1.29, 1.82) is 0 Å². The minimum atomic E-state index is -1.07. The maximum Gasteiger partial charge on any atom is 0.340 e. The van der Waals surface area contributed by atoms with Gasteiger partial charge in [0.05, 0.1) is 15.5 Å². The van der Waals surface area contributed by atoms with Gasteiger partial charge in [0.1, 0.15) is 0 Å². The molecule has 0 aromatic heterocycles. The third-order valence-electron chi connectivity index (χ3n) is 3.67. The highest BCUT2D eigenvalue weighted by atomic mass is 35.5. The number of nitrogens with zero attached hydrogens (tertiary/aromatic N) is 1. The number of ether oxygens (including phenoxy) is 1. The fourth-order valence-corrected chi connectivity index (χ4v) is 2.38. The molecule has 0 unspecified atom stereocenters. The summed E-state index contributed by atoms with van der Waals surface area (Å²) in [4.78, 5) is 34.4. The molecule has 136 valence electrons. The maximum absolute atomic E-state index is 12.2. The molecule has 0 heterocycles. The molecule has 1 atom stereocenters. The van der Waals surface area contributed by atoms with Crippen molar-refractivity contribution in [2.75, 3.05) is 5.32 Å². The van der Waals surface area contributed by atoms with Crippen LogP contribution in [0, 0.1) is 10.1 Å². The van der Waals surface area contributed by atoms with E-state index in [2.05, 4.69) is 5.32 Å². The Kier molecular flexibility index (Phi) is 6.30. The van der Waals surface area contributed by atoms with Gasteiger partial charge in [-0.2, -0.15) is 0 Å². The highest BCUT2D eigenvalue weighted by Gasteiger charge is 2.22. The Morgan fingerprint density at radius 2 is 1.88 bits per heavy atom. The average molecular weight is 377 g/mol. The summed E-state index contributed by atoms with van der Waals surface area (Å²) in [5.74, 6) is -1.34. The third-order valence-corrected chi connectivity index (χ3v) is 3.98. The van der Waals surface area contributed by atoms with Crippen molar-refractivity contribution in [2.24, 2.45) is 0 Å². The van der Waals surface area contributed by atoms with Crippen molar-refractivity contribution in [2.45, 2.75) is 26.4 Å². The Hall–Kier alpha value is -2.93. The number of hydrogen-bond acceptors (Lipinski definition) is 5. The zero-order valence-electron chi connectivity index (χ0n) is 14.2. The summed E-state index contributed by atoms with van der Waals surface area (Å²) >= 11 is 5.88. The molecule has 1 amide bonds. The number of non-ortho nitro benzene ring substituents is 1. The topological polar surface area (TPSA) is 98.5 Å². The SMILES string of the molecule is CCc1ccc(NC(=O)[C@H](C)OC(=O)c2ccc([N+](=O)[O-])cc2Cl)cc1. The van der Waals surface area contributed by atoms with E-state index in [1.165, 1.54) is 13.0 Å². The van der Waals surface area contributed by atoms with Gasteiger partial charge in [0, 0.05) is 17.8 Å². The van der Waals surface area contributed by atoms with Crippen molar-refractivity contribution >= 4 is 34.9 Å². The third kappa shape index (κ3) is 4.80. The summed E-state index contributed by atoms with van der Waals surface area (Å²) < 4.78 is 5.09. The summed E-state index contributed by atoms with van der Waals surface area (Å²) in [5, 5.41) is 13.2. The summed E-state index contributed by atoms with van der Waals surface area (Å²) in [6.45, 7) is 3.45. The second-order valence-electron chi connectivity index (χ2n) is 5.51. The van der Waals surface area contributed by atoms with Gasteiger partial charge in [-0.05, 0) is 37.1 Å². The number of rotatable bonds is 6. The minimum Gasteiger partial charge on any atom is -0.449 e. The van der Waals surface area contributed by atoms with Crippen LogP contribution in [-0.2, 0) is 16.0 Å². The van der Waals surface area contributed by atoms with Crippen LogP contribution in [0.5, 0.6) is 0 Å². The van der Waals surface area contributed by atoms with Crippen molar-refractivity contribution in [3.8, 4) is 0 Å². The Bertz CT molecular complexity index is 836. The second-order valence-corrected chi connectivity index (χ2v) is 5.92. The molecule has 2 aromatic carbocycles. The highest BCUT2D eigenvalue weighted by molar-refractivity contribution is 6.33. The number of aryl methyl sites for hydroxylation is 1. The van der Waals surface area contributed by atoms with E-state index in [0.717, 1.165) is 24.1 Å². The van der Waals surface area contributed by atoms with E-state index in [1.807, 2.05) is 19.1 Å². The van der Waals surface area contributed by atoms with Gasteiger partial charge in [-0.15, -0.1) is 0 Å². The summed E-state index contributed by atoms with van der Waals surface area (Å²) in [5.41, 5.74) is 1.43. The number of carbonyl (C=O) groups excluding carboxylic acids is 2. The van der Waals surface area contributed by atoms with Crippen LogP contribution >= 0.6 is 11.6 Å². The quantitative estimate of drug-likeness (QED) is 0.466. The summed E-state index contributed by atoms with van der Waals surface area (Å²) in [6.07, 6.45) is -0.183. The molecule has 26 heavy (non-hydrogen) atoms. The first-order valence-electron chi connectivity index (χ1n) is 7.86. The van der Waals surface area contributed by atoms with Crippen molar-refractivity contribution in [3.63, 3.8) is 0 Å². The Balaban J connectivity index is 2.01. The van der Waals surface area contributed by atoms with E-state index < -0.39 is 22.9 Å². The number of nitro benzene ring substituents is 1. The van der Waals surface area contributed by atoms with Gasteiger partial charge in [0.15, 0.2) is 6.10 Å². The number of carbonyl (C=O) groups is 2. The van der Waals surface area contributed by atoms with E-state index in [9.17, 15) is 19.7 Å². The molecule has 0 saturated heterocycles. The predicted molar refractivity (Wildman–Crippen MR) is 97.4 cm³/mol. The maximum atomic E-state index is 12.2. The van der Waals surface area contributed by atoms with Crippen LogP contribution in [0.15, 0.2) is 42.5 Å². The monoisotopic (exact) mass is 376 g/mol. The number of esters is 1. The molecular formula is C18H17ClN2O5. The zero-order chi connectivity index (χ0) is 19.3. The van der Waals surface area contributed by atoms with E-state index in [0.29, 0.717) is 5.69 Å². The Labute approximate surface area is 155 Å². The number of anilines is 1. The first-order chi connectivity index (χ1) is 12.3. The molecule has 2 rings (SSSR count). The van der Waals surface area contributed by atoms with Gasteiger partial charge < -0.3 is 10.1 Å². The van der Waals surface area contributed by atoms with Gasteiger partial charge in [-0.1, -0.05) is 30.7 Å². The predicted octanol–water partition coefficient (Wildman–Crippen LogP) is 3.99. The van der Waals surface area contributed by atoms with E-state index in [4.69, 9.17) is 16.3 Å². The van der Waals surface area contributed by atoms with Gasteiger partial charge in [-0.3, -0.25) is 14.9 Å². The number of benzene rings is 2. The largest absolute Gasteiger partial charge is 0.449 e. The molecule has 0 saturated carbocycles. The van der Waals surface area contributed by atoms with Crippen LogP contribution < -0.4 is 5.32 Å². The lowest BCUT2D eigenvalue weighted by Gasteiger charge is -2.14. The molecule has 0 aliphatic heterocycles. The van der Waals surface area contributed by atoms with E-state index in [-0.39, 0.29) is 16.3 Å². The van der Waals surface area contributed by atoms with Crippen LogP contribution in [0.1, 0.15) is 29.8 Å². The number of nitrogens with one attached hydrogen (secondary N) is 1. The molecule has 0 fully saturated rings. The number of amides is 1. The molecule has 0 radical (unpaired) electrons. The fourth-order valence-electron chi connectivity index (χ4n) is 2.13. The molecule has 1 N–H and O–H groups in total. The lowest BCUT2D eigenvalue weighted by atomic mass is 10.1. The van der Waals surface area contributed by atoms with Gasteiger partial charge in [0.25, 0.3) is 11.6 Å². The molecule has 0 bridgehead atoms. The van der Waals surface area contributed by atoms with Crippen molar-refractivity contribution in [1.82, 2.24) is 0 Å². The van der Waals surface area contributed by atoms with Gasteiger partial charge >= 0.3 is 5.97 Å². The fraction of sp³-hybridized carbons (Fsp3) is 0.222. The molecule has 0 aliphatic carbocycles. The number of halogens is 1. The van der Waals surface area contributed by atoms with Crippen LogP contribution in [0.25, 0.3) is 0 Å².